The first-order chi connectivity index (χ1) is 20.5. The lowest BCUT2D eigenvalue weighted by molar-refractivity contribution is -0.120. The predicted molar refractivity (Wildman–Crippen MR) is 156 cm³/mol. The second-order valence-corrected chi connectivity index (χ2v) is 11.8. The fourth-order valence-electron chi connectivity index (χ4n) is 7.86. The van der Waals surface area contributed by atoms with Gasteiger partial charge in [0.25, 0.3) is 11.8 Å². The third kappa shape index (κ3) is 2.93. The minimum Gasteiger partial charge on any atom is -0.359 e. The van der Waals surface area contributed by atoms with Crippen molar-refractivity contribution in [3.05, 3.63) is 85.2 Å². The lowest BCUT2D eigenvalue weighted by Gasteiger charge is -2.22. The third-order valence-corrected chi connectivity index (χ3v) is 9.70. The minimum absolute atomic E-state index is 0.0895. The summed E-state index contributed by atoms with van der Waals surface area (Å²) in [5.41, 5.74) is 3.19. The van der Waals surface area contributed by atoms with Crippen molar-refractivity contribution in [2.75, 3.05) is 9.80 Å². The summed E-state index contributed by atoms with van der Waals surface area (Å²) in [5, 5.41) is 1.81. The Bertz CT molecular complexity index is 1720. The van der Waals surface area contributed by atoms with Crippen molar-refractivity contribution in [1.82, 2.24) is 19.8 Å². The molecule has 208 valence electrons. The van der Waals surface area contributed by atoms with Gasteiger partial charge < -0.3 is 19.8 Å². The third-order valence-electron chi connectivity index (χ3n) is 9.70. The molecule has 2 aromatic carbocycles. The molecule has 4 fully saturated rings. The molecule has 10 rings (SSSR count). The van der Waals surface area contributed by atoms with Crippen molar-refractivity contribution in [2.45, 2.75) is 37.0 Å². The maximum absolute atomic E-state index is 12.7. The van der Waals surface area contributed by atoms with Crippen molar-refractivity contribution < 1.29 is 19.2 Å². The number of hydrogen-bond acceptors (Lipinski definition) is 4. The SMILES string of the molecule is O=C1[C@@H]2C3C=CC(C3)N2C(=O)N1c1c[nH]c2ccccc12.O=C1[C@H]2C3C=CC(C3)N2C(=O)N1c1c[nH]c2ccccc12. The lowest BCUT2D eigenvalue weighted by Crippen LogP contribution is -2.38. The van der Waals surface area contributed by atoms with Crippen LogP contribution in [0.3, 0.4) is 0 Å². The van der Waals surface area contributed by atoms with E-state index in [0.29, 0.717) is 11.4 Å². The number of hydrogen-bond donors (Lipinski definition) is 2. The molecule has 10 nitrogen and oxygen atoms in total. The molecule has 0 saturated carbocycles. The number of carbonyl (C=O) groups is 4. The van der Waals surface area contributed by atoms with E-state index >= 15 is 0 Å². The smallest absolute Gasteiger partial charge is 0.332 e. The molecule has 10 heteroatoms. The fraction of sp³-hybridized carbons (Fsp3) is 0.250. The number of fused-ring (bicyclic) bond motifs is 12. The van der Waals surface area contributed by atoms with E-state index in [1.807, 2.05) is 60.7 Å². The summed E-state index contributed by atoms with van der Waals surface area (Å²) >= 11 is 0. The van der Waals surface area contributed by atoms with Crippen molar-refractivity contribution in [3.63, 3.8) is 0 Å². The van der Waals surface area contributed by atoms with Crippen LogP contribution < -0.4 is 9.80 Å². The molecule has 4 aliphatic heterocycles. The van der Waals surface area contributed by atoms with Crippen LogP contribution in [0.1, 0.15) is 12.8 Å². The monoisotopic (exact) mass is 558 g/mol. The number of nitrogens with one attached hydrogen (secondary N) is 2. The van der Waals surface area contributed by atoms with Crippen LogP contribution >= 0.6 is 0 Å². The van der Waals surface area contributed by atoms with Crippen LogP contribution in [0.15, 0.2) is 85.2 Å². The summed E-state index contributed by atoms with van der Waals surface area (Å²) in [6.45, 7) is 0. The average molecular weight is 559 g/mol. The van der Waals surface area contributed by atoms with Crippen LogP contribution in [0.4, 0.5) is 21.0 Å². The molecule has 4 unspecified atom stereocenters. The Morgan fingerprint density at radius 2 is 1.00 bits per heavy atom. The Morgan fingerprint density at radius 1 is 0.571 bits per heavy atom. The number of imide groups is 2. The number of benzene rings is 2. The number of carbonyl (C=O) groups excluding carboxylic acids is 4. The van der Waals surface area contributed by atoms with Gasteiger partial charge in [-0.1, -0.05) is 60.7 Å². The first kappa shape index (κ1) is 23.6. The van der Waals surface area contributed by atoms with E-state index in [-0.39, 0.29) is 59.9 Å². The molecule has 4 bridgehead atoms. The van der Waals surface area contributed by atoms with Gasteiger partial charge in [-0.25, -0.2) is 19.4 Å². The van der Waals surface area contributed by atoms with Gasteiger partial charge >= 0.3 is 12.1 Å². The Balaban J connectivity index is 0.000000119. The number of urea groups is 2. The fourth-order valence-corrected chi connectivity index (χ4v) is 7.86. The number of anilines is 2. The van der Waals surface area contributed by atoms with Gasteiger partial charge in [-0.3, -0.25) is 9.59 Å². The molecule has 2 aliphatic carbocycles. The molecular formula is C32H26N6O4. The standard InChI is InChI=1S/2C16H13N3O2/c2*20-15-14-9-5-6-10(7-9)18(14)16(21)19(15)13-8-17-12-4-2-1-3-11(12)13/h2*1-6,8-10,14,17H,7H2/t2*9?,10?,14-/m10/s1. The molecule has 4 saturated heterocycles. The highest BCUT2D eigenvalue weighted by molar-refractivity contribution is 6.26. The van der Waals surface area contributed by atoms with Crippen LogP contribution in [0, 0.1) is 11.8 Å². The Labute approximate surface area is 239 Å². The molecule has 2 aromatic heterocycles. The summed E-state index contributed by atoms with van der Waals surface area (Å²) in [6.07, 6.45) is 13.5. The highest BCUT2D eigenvalue weighted by Gasteiger charge is 2.59. The topological polar surface area (TPSA) is 113 Å². The second kappa shape index (κ2) is 8.22. The van der Waals surface area contributed by atoms with Gasteiger partial charge in [0, 0.05) is 46.0 Å². The molecule has 6 heterocycles. The zero-order chi connectivity index (χ0) is 28.3. The van der Waals surface area contributed by atoms with Gasteiger partial charge in [0.05, 0.1) is 23.5 Å². The number of aromatic nitrogens is 2. The van der Waals surface area contributed by atoms with Gasteiger partial charge in [0.15, 0.2) is 0 Å². The summed E-state index contributed by atoms with van der Waals surface area (Å²) in [6, 6.07) is 14.6. The molecule has 2 N–H and O–H groups in total. The number of rotatable bonds is 2. The van der Waals surface area contributed by atoms with Crippen LogP contribution in [-0.4, -0.2) is 67.8 Å². The second-order valence-electron chi connectivity index (χ2n) is 11.8. The molecule has 6 amide bonds. The Morgan fingerprint density at radius 3 is 1.43 bits per heavy atom. The molecule has 42 heavy (non-hydrogen) atoms. The van der Waals surface area contributed by atoms with Crippen LogP contribution in [0.5, 0.6) is 0 Å². The van der Waals surface area contributed by atoms with Gasteiger partial charge in [0.2, 0.25) is 0 Å². The summed E-state index contributed by atoms with van der Waals surface area (Å²) in [5.74, 6) is 0.173. The summed E-state index contributed by atoms with van der Waals surface area (Å²) in [7, 11) is 0. The quantitative estimate of drug-likeness (QED) is 0.278. The van der Waals surface area contributed by atoms with Gasteiger partial charge in [0.1, 0.15) is 12.1 Å². The number of nitrogens with zero attached hydrogens (tertiary/aromatic N) is 4. The van der Waals surface area contributed by atoms with E-state index in [0.717, 1.165) is 34.6 Å². The van der Waals surface area contributed by atoms with Crippen LogP contribution in [-0.2, 0) is 9.59 Å². The minimum atomic E-state index is -0.304. The first-order valence-corrected chi connectivity index (χ1v) is 14.3. The first-order valence-electron chi connectivity index (χ1n) is 14.3. The van der Waals surface area contributed by atoms with E-state index in [1.54, 1.807) is 22.2 Å². The number of amides is 6. The van der Waals surface area contributed by atoms with E-state index < -0.39 is 0 Å². The van der Waals surface area contributed by atoms with E-state index in [2.05, 4.69) is 22.1 Å². The van der Waals surface area contributed by atoms with E-state index in [1.165, 1.54) is 9.80 Å². The van der Waals surface area contributed by atoms with Crippen molar-refractivity contribution in [3.8, 4) is 0 Å². The van der Waals surface area contributed by atoms with E-state index in [9.17, 15) is 19.2 Å². The Hall–Kier alpha value is -5.12. The molecule has 0 spiro atoms. The predicted octanol–water partition coefficient (Wildman–Crippen LogP) is 4.53. The molecule has 6 atom stereocenters. The largest absolute Gasteiger partial charge is 0.359 e. The summed E-state index contributed by atoms with van der Waals surface area (Å²) < 4.78 is 0. The van der Waals surface area contributed by atoms with Crippen molar-refractivity contribution in [2.24, 2.45) is 11.8 Å². The number of para-hydroxylation sites is 2. The van der Waals surface area contributed by atoms with E-state index in [4.69, 9.17) is 0 Å². The normalized spacial score (nSPS) is 30.0. The van der Waals surface area contributed by atoms with Crippen LogP contribution in [0.25, 0.3) is 21.8 Å². The summed E-state index contributed by atoms with van der Waals surface area (Å²) in [4.78, 5) is 63.3. The zero-order valence-electron chi connectivity index (χ0n) is 22.4. The van der Waals surface area contributed by atoms with Crippen LogP contribution in [0.2, 0.25) is 0 Å². The van der Waals surface area contributed by atoms with Gasteiger partial charge in [-0.2, -0.15) is 0 Å². The highest BCUT2D eigenvalue weighted by Crippen LogP contribution is 2.45. The highest BCUT2D eigenvalue weighted by atomic mass is 16.2. The Kier molecular flexibility index (Phi) is 4.61. The zero-order valence-corrected chi connectivity index (χ0v) is 22.4. The molecule has 6 aliphatic rings. The van der Waals surface area contributed by atoms with Crippen molar-refractivity contribution in [1.29, 1.82) is 0 Å². The number of H-pyrrole nitrogens is 2. The number of aromatic amines is 2. The lowest BCUT2D eigenvalue weighted by atomic mass is 10.0. The van der Waals surface area contributed by atoms with Gasteiger partial charge in [-0.15, -0.1) is 0 Å². The van der Waals surface area contributed by atoms with Gasteiger partial charge in [-0.05, 0) is 25.0 Å². The average Bonchev–Trinajstić information content (AvgIpc) is 3.85. The maximum Gasteiger partial charge on any atom is 0.332 e. The maximum atomic E-state index is 12.7. The molecular weight excluding hydrogens is 532 g/mol. The van der Waals surface area contributed by atoms with Crippen molar-refractivity contribution >= 4 is 57.1 Å². The molecule has 0 radical (unpaired) electrons. The molecule has 4 aromatic rings.